The van der Waals surface area contributed by atoms with Gasteiger partial charge in [0.1, 0.15) is 11.6 Å². The van der Waals surface area contributed by atoms with Crippen LogP contribution in [-0.4, -0.2) is 42.8 Å². The summed E-state index contributed by atoms with van der Waals surface area (Å²) >= 11 is 0. The lowest BCUT2D eigenvalue weighted by molar-refractivity contribution is -0.384. The molecule has 1 heterocycles. The standard InChI is InChI=1S/C14H24N4O3/c1-5-7-15-13-8-12(18(19)20)9-14(16-13)17(6-2)11(3)10-21-4/h8-9,11H,5-7,10H2,1-4H3,(H,15,16). The zero-order valence-electron chi connectivity index (χ0n) is 13.1. The summed E-state index contributed by atoms with van der Waals surface area (Å²) in [4.78, 5) is 17.2. The van der Waals surface area contributed by atoms with Crippen molar-refractivity contribution in [3.63, 3.8) is 0 Å². The van der Waals surface area contributed by atoms with E-state index in [1.165, 1.54) is 12.1 Å². The number of hydrogen-bond donors (Lipinski definition) is 1. The van der Waals surface area contributed by atoms with E-state index in [1.54, 1.807) is 7.11 Å². The largest absolute Gasteiger partial charge is 0.383 e. The third kappa shape index (κ3) is 4.86. The van der Waals surface area contributed by atoms with Gasteiger partial charge in [0.05, 0.1) is 29.7 Å². The highest BCUT2D eigenvalue weighted by Crippen LogP contribution is 2.24. The van der Waals surface area contributed by atoms with Crippen LogP contribution in [0.5, 0.6) is 0 Å². The highest BCUT2D eigenvalue weighted by molar-refractivity contribution is 5.56. The molecule has 0 saturated carbocycles. The molecule has 118 valence electrons. The molecule has 1 aromatic rings. The average molecular weight is 296 g/mol. The summed E-state index contributed by atoms with van der Waals surface area (Å²) < 4.78 is 5.16. The Kier molecular flexibility index (Phi) is 6.87. The number of methoxy groups -OCH3 is 1. The van der Waals surface area contributed by atoms with Gasteiger partial charge in [0.15, 0.2) is 0 Å². The molecule has 7 nitrogen and oxygen atoms in total. The fourth-order valence-electron chi connectivity index (χ4n) is 2.13. The molecule has 0 bridgehead atoms. The Bertz CT molecular complexity index is 468. The highest BCUT2D eigenvalue weighted by Gasteiger charge is 2.18. The molecular formula is C14H24N4O3. The maximum absolute atomic E-state index is 11.1. The maximum Gasteiger partial charge on any atom is 0.276 e. The number of ether oxygens (including phenoxy) is 1. The van der Waals surface area contributed by atoms with Crippen LogP contribution in [0.15, 0.2) is 12.1 Å². The highest BCUT2D eigenvalue weighted by atomic mass is 16.6. The molecule has 1 N–H and O–H groups in total. The Balaban J connectivity index is 3.12. The summed E-state index contributed by atoms with van der Waals surface area (Å²) in [7, 11) is 1.64. The molecule has 0 aromatic carbocycles. The van der Waals surface area contributed by atoms with E-state index in [0.29, 0.717) is 24.8 Å². The lowest BCUT2D eigenvalue weighted by Gasteiger charge is -2.28. The van der Waals surface area contributed by atoms with Gasteiger partial charge < -0.3 is 15.0 Å². The van der Waals surface area contributed by atoms with Crippen LogP contribution >= 0.6 is 0 Å². The summed E-state index contributed by atoms with van der Waals surface area (Å²) in [5, 5.41) is 14.2. The van der Waals surface area contributed by atoms with Crippen LogP contribution < -0.4 is 10.2 Å². The Morgan fingerprint density at radius 1 is 1.48 bits per heavy atom. The van der Waals surface area contributed by atoms with Gasteiger partial charge >= 0.3 is 0 Å². The SMILES string of the molecule is CCCNc1cc([N+](=O)[O-])cc(N(CC)C(C)COC)n1. The number of nitro groups is 1. The number of hydrogen-bond acceptors (Lipinski definition) is 6. The number of anilines is 2. The van der Waals surface area contributed by atoms with Crippen molar-refractivity contribution in [2.45, 2.75) is 33.2 Å². The van der Waals surface area contributed by atoms with Crippen LogP contribution in [0.2, 0.25) is 0 Å². The molecule has 21 heavy (non-hydrogen) atoms. The van der Waals surface area contributed by atoms with Crippen LogP contribution in [-0.2, 0) is 4.74 Å². The van der Waals surface area contributed by atoms with Crippen LogP contribution in [0.25, 0.3) is 0 Å². The van der Waals surface area contributed by atoms with E-state index < -0.39 is 4.92 Å². The second-order valence-corrected chi connectivity index (χ2v) is 4.84. The fourth-order valence-corrected chi connectivity index (χ4v) is 2.13. The lowest BCUT2D eigenvalue weighted by Crippen LogP contribution is -2.36. The molecule has 0 spiro atoms. The number of pyridine rings is 1. The van der Waals surface area contributed by atoms with Gasteiger partial charge in [0, 0.05) is 20.2 Å². The second kappa shape index (κ2) is 8.41. The van der Waals surface area contributed by atoms with Crippen LogP contribution in [0.3, 0.4) is 0 Å². The van der Waals surface area contributed by atoms with Crippen molar-refractivity contribution in [1.82, 2.24) is 4.98 Å². The van der Waals surface area contributed by atoms with Crippen molar-refractivity contribution in [3.05, 3.63) is 22.2 Å². The predicted octanol–water partition coefficient (Wildman–Crippen LogP) is 2.67. The van der Waals surface area contributed by atoms with Crippen molar-refractivity contribution in [3.8, 4) is 0 Å². The van der Waals surface area contributed by atoms with Crippen molar-refractivity contribution >= 4 is 17.3 Å². The van der Waals surface area contributed by atoms with E-state index in [4.69, 9.17) is 4.74 Å². The molecule has 0 aliphatic rings. The van der Waals surface area contributed by atoms with E-state index in [1.807, 2.05) is 25.7 Å². The van der Waals surface area contributed by atoms with Crippen molar-refractivity contribution in [1.29, 1.82) is 0 Å². The van der Waals surface area contributed by atoms with Crippen LogP contribution in [0.1, 0.15) is 27.2 Å². The predicted molar refractivity (Wildman–Crippen MR) is 84.0 cm³/mol. The van der Waals surface area contributed by atoms with Gasteiger partial charge in [0.2, 0.25) is 0 Å². The van der Waals surface area contributed by atoms with Crippen molar-refractivity contribution in [2.75, 3.05) is 37.0 Å². The number of likely N-dealkylation sites (N-methyl/N-ethyl adjacent to an activating group) is 1. The molecule has 1 rings (SSSR count). The van der Waals surface area contributed by atoms with Crippen LogP contribution in [0.4, 0.5) is 17.3 Å². The summed E-state index contributed by atoms with van der Waals surface area (Å²) in [6, 6.07) is 3.06. The lowest BCUT2D eigenvalue weighted by atomic mass is 10.2. The number of rotatable bonds is 9. The van der Waals surface area contributed by atoms with Crippen molar-refractivity contribution in [2.24, 2.45) is 0 Å². The van der Waals surface area contributed by atoms with E-state index in [2.05, 4.69) is 10.3 Å². The second-order valence-electron chi connectivity index (χ2n) is 4.84. The van der Waals surface area contributed by atoms with Gasteiger partial charge in [-0.1, -0.05) is 6.92 Å². The molecule has 1 atom stereocenters. The molecule has 0 aliphatic heterocycles. The molecule has 1 unspecified atom stereocenters. The van der Waals surface area contributed by atoms with Gasteiger partial charge in [-0.05, 0) is 20.3 Å². The van der Waals surface area contributed by atoms with Gasteiger partial charge in [-0.2, -0.15) is 0 Å². The summed E-state index contributed by atoms with van der Waals surface area (Å²) in [5.74, 6) is 1.12. The molecular weight excluding hydrogens is 272 g/mol. The monoisotopic (exact) mass is 296 g/mol. The van der Waals surface area contributed by atoms with Crippen LogP contribution in [0, 0.1) is 10.1 Å². The molecule has 0 amide bonds. The van der Waals surface area contributed by atoms with E-state index in [-0.39, 0.29) is 11.7 Å². The number of nitrogens with one attached hydrogen (secondary N) is 1. The molecule has 0 fully saturated rings. The third-order valence-corrected chi connectivity index (χ3v) is 3.14. The summed E-state index contributed by atoms with van der Waals surface area (Å²) in [5.41, 5.74) is 0.0432. The smallest absolute Gasteiger partial charge is 0.276 e. The third-order valence-electron chi connectivity index (χ3n) is 3.14. The van der Waals surface area contributed by atoms with Gasteiger partial charge in [0.25, 0.3) is 5.69 Å². The quantitative estimate of drug-likeness (QED) is 0.557. The minimum Gasteiger partial charge on any atom is -0.383 e. The average Bonchev–Trinajstić information content (AvgIpc) is 2.46. The summed E-state index contributed by atoms with van der Waals surface area (Å²) in [6.07, 6.45) is 0.928. The molecule has 0 aliphatic carbocycles. The Labute approximate surface area is 125 Å². The molecule has 1 aromatic heterocycles. The van der Waals surface area contributed by atoms with Gasteiger partial charge in [-0.3, -0.25) is 10.1 Å². The Morgan fingerprint density at radius 2 is 2.19 bits per heavy atom. The molecule has 0 saturated heterocycles. The zero-order chi connectivity index (χ0) is 15.8. The molecule has 0 radical (unpaired) electrons. The number of nitrogens with zero attached hydrogens (tertiary/aromatic N) is 3. The minimum atomic E-state index is -0.392. The first-order chi connectivity index (χ1) is 10.0. The van der Waals surface area contributed by atoms with Crippen molar-refractivity contribution < 1.29 is 9.66 Å². The Hall–Kier alpha value is -1.89. The van der Waals surface area contributed by atoms with E-state index >= 15 is 0 Å². The zero-order valence-corrected chi connectivity index (χ0v) is 13.1. The summed E-state index contributed by atoms with van der Waals surface area (Å²) in [6.45, 7) is 8.00. The number of aromatic nitrogens is 1. The molecule has 7 heteroatoms. The topological polar surface area (TPSA) is 80.5 Å². The van der Waals surface area contributed by atoms with E-state index in [0.717, 1.165) is 13.0 Å². The fraction of sp³-hybridized carbons (Fsp3) is 0.643. The normalized spacial score (nSPS) is 12.0. The minimum absolute atomic E-state index is 0.0432. The first-order valence-corrected chi connectivity index (χ1v) is 7.19. The Morgan fingerprint density at radius 3 is 2.71 bits per heavy atom. The first kappa shape index (κ1) is 17.2. The maximum atomic E-state index is 11.1. The van der Waals surface area contributed by atoms with E-state index in [9.17, 15) is 10.1 Å². The first-order valence-electron chi connectivity index (χ1n) is 7.19. The van der Waals surface area contributed by atoms with Gasteiger partial charge in [-0.25, -0.2) is 4.98 Å². The van der Waals surface area contributed by atoms with Gasteiger partial charge in [-0.15, -0.1) is 0 Å².